The largest absolute Gasteiger partial charge is 0.395 e. The number of rotatable bonds is 5. The van der Waals surface area contributed by atoms with Crippen LogP contribution >= 0.6 is 0 Å². The molecule has 1 aliphatic rings. The first kappa shape index (κ1) is 14.1. The molecule has 106 valence electrons. The molecule has 1 aromatic rings. The van der Waals surface area contributed by atoms with Gasteiger partial charge in [0, 0.05) is 38.4 Å². The van der Waals surface area contributed by atoms with Crippen LogP contribution in [0, 0.1) is 0 Å². The standard InChI is InChI=1S/C14H24N4O/c1-3-12-11-13(17(2)9-10-19)16-14(15-12)18-7-5-4-6-8-18/h11,19H,3-10H2,1-2H3. The van der Waals surface area contributed by atoms with Gasteiger partial charge in [-0.15, -0.1) is 0 Å². The van der Waals surface area contributed by atoms with Crippen LogP contribution in [0.1, 0.15) is 31.9 Å². The molecule has 0 atom stereocenters. The number of anilines is 2. The van der Waals surface area contributed by atoms with Crippen molar-refractivity contribution in [1.82, 2.24) is 9.97 Å². The van der Waals surface area contributed by atoms with Crippen molar-refractivity contribution in [3.05, 3.63) is 11.8 Å². The molecule has 1 aliphatic heterocycles. The first-order valence-corrected chi connectivity index (χ1v) is 7.19. The van der Waals surface area contributed by atoms with Crippen LogP contribution in [-0.4, -0.2) is 48.4 Å². The van der Waals surface area contributed by atoms with Gasteiger partial charge in [-0.05, 0) is 25.7 Å². The minimum atomic E-state index is 0.140. The maximum Gasteiger partial charge on any atom is 0.227 e. The van der Waals surface area contributed by atoms with E-state index in [1.165, 1.54) is 19.3 Å². The summed E-state index contributed by atoms with van der Waals surface area (Å²) in [4.78, 5) is 13.6. The van der Waals surface area contributed by atoms with Gasteiger partial charge in [-0.3, -0.25) is 0 Å². The molecule has 0 unspecified atom stereocenters. The minimum Gasteiger partial charge on any atom is -0.395 e. The summed E-state index contributed by atoms with van der Waals surface area (Å²) >= 11 is 0. The number of aromatic nitrogens is 2. The average molecular weight is 264 g/mol. The topological polar surface area (TPSA) is 52.5 Å². The van der Waals surface area contributed by atoms with Crippen LogP contribution in [0.3, 0.4) is 0 Å². The first-order chi connectivity index (χ1) is 9.24. The summed E-state index contributed by atoms with van der Waals surface area (Å²) < 4.78 is 0. The Balaban J connectivity index is 2.24. The number of aliphatic hydroxyl groups is 1. The fourth-order valence-electron chi connectivity index (χ4n) is 2.35. The second-order valence-corrected chi connectivity index (χ2v) is 5.06. The van der Waals surface area contributed by atoms with Crippen molar-refractivity contribution in [2.24, 2.45) is 0 Å². The van der Waals surface area contributed by atoms with Crippen LogP contribution in [0.2, 0.25) is 0 Å². The Hall–Kier alpha value is -1.36. The second kappa shape index (κ2) is 6.70. The predicted molar refractivity (Wildman–Crippen MR) is 77.8 cm³/mol. The van der Waals surface area contributed by atoms with Crippen molar-refractivity contribution in [3.63, 3.8) is 0 Å². The zero-order valence-electron chi connectivity index (χ0n) is 12.0. The molecule has 0 spiro atoms. The minimum absolute atomic E-state index is 0.140. The molecule has 0 radical (unpaired) electrons. The molecular weight excluding hydrogens is 240 g/mol. The van der Waals surface area contributed by atoms with Crippen molar-refractivity contribution >= 4 is 11.8 Å². The van der Waals surface area contributed by atoms with E-state index < -0.39 is 0 Å². The smallest absolute Gasteiger partial charge is 0.227 e. The van der Waals surface area contributed by atoms with Gasteiger partial charge in [0.2, 0.25) is 5.95 Å². The summed E-state index contributed by atoms with van der Waals surface area (Å²) in [5, 5.41) is 9.05. The Morgan fingerprint density at radius 2 is 2.00 bits per heavy atom. The summed E-state index contributed by atoms with van der Waals surface area (Å²) in [7, 11) is 1.96. The van der Waals surface area contributed by atoms with Gasteiger partial charge in [-0.25, -0.2) is 4.98 Å². The summed E-state index contributed by atoms with van der Waals surface area (Å²) in [6.45, 7) is 4.95. The third kappa shape index (κ3) is 3.56. The maximum atomic E-state index is 9.05. The SMILES string of the molecule is CCc1cc(N(C)CCO)nc(N2CCCCC2)n1. The maximum absolute atomic E-state index is 9.05. The lowest BCUT2D eigenvalue weighted by molar-refractivity contribution is 0.304. The van der Waals surface area contributed by atoms with E-state index in [1.807, 2.05) is 18.0 Å². The molecule has 1 saturated heterocycles. The van der Waals surface area contributed by atoms with E-state index in [9.17, 15) is 0 Å². The summed E-state index contributed by atoms with van der Waals surface area (Å²) in [5.74, 6) is 1.75. The Bertz CT molecular complexity index is 404. The third-order valence-electron chi connectivity index (χ3n) is 3.58. The highest BCUT2D eigenvalue weighted by molar-refractivity contribution is 5.45. The number of likely N-dealkylation sites (N-methyl/N-ethyl adjacent to an activating group) is 1. The molecule has 0 amide bonds. The van der Waals surface area contributed by atoms with E-state index >= 15 is 0 Å². The Morgan fingerprint density at radius 1 is 1.26 bits per heavy atom. The highest BCUT2D eigenvalue weighted by atomic mass is 16.3. The molecule has 0 saturated carbocycles. The van der Waals surface area contributed by atoms with Crippen LogP contribution in [0.25, 0.3) is 0 Å². The van der Waals surface area contributed by atoms with E-state index in [2.05, 4.69) is 21.8 Å². The van der Waals surface area contributed by atoms with Gasteiger partial charge < -0.3 is 14.9 Å². The summed E-state index contributed by atoms with van der Waals surface area (Å²) in [5.41, 5.74) is 1.07. The second-order valence-electron chi connectivity index (χ2n) is 5.06. The zero-order valence-corrected chi connectivity index (χ0v) is 12.0. The van der Waals surface area contributed by atoms with E-state index in [0.29, 0.717) is 6.54 Å². The lowest BCUT2D eigenvalue weighted by Gasteiger charge is -2.28. The summed E-state index contributed by atoms with van der Waals surface area (Å²) in [6.07, 6.45) is 4.66. The molecule has 1 N–H and O–H groups in total. The van der Waals surface area contributed by atoms with Gasteiger partial charge >= 0.3 is 0 Å². The lowest BCUT2D eigenvalue weighted by Crippen LogP contribution is -2.32. The fourth-order valence-corrected chi connectivity index (χ4v) is 2.35. The van der Waals surface area contributed by atoms with Gasteiger partial charge in [-0.2, -0.15) is 4.98 Å². The van der Waals surface area contributed by atoms with Gasteiger partial charge in [-0.1, -0.05) is 6.92 Å². The van der Waals surface area contributed by atoms with Crippen LogP contribution in [0.4, 0.5) is 11.8 Å². The van der Waals surface area contributed by atoms with E-state index in [1.54, 1.807) is 0 Å². The summed E-state index contributed by atoms with van der Waals surface area (Å²) in [6, 6.07) is 2.02. The average Bonchev–Trinajstić information content (AvgIpc) is 2.48. The zero-order chi connectivity index (χ0) is 13.7. The van der Waals surface area contributed by atoms with Gasteiger partial charge in [0.05, 0.1) is 6.61 Å². The van der Waals surface area contributed by atoms with Crippen molar-refractivity contribution in [2.45, 2.75) is 32.6 Å². The highest BCUT2D eigenvalue weighted by Gasteiger charge is 2.16. The van der Waals surface area contributed by atoms with Crippen LogP contribution < -0.4 is 9.80 Å². The van der Waals surface area contributed by atoms with Crippen LogP contribution in [-0.2, 0) is 6.42 Å². The predicted octanol–water partition coefficient (Wildman–Crippen LogP) is 1.46. The molecule has 2 rings (SSSR count). The molecule has 0 aliphatic carbocycles. The number of nitrogens with zero attached hydrogens (tertiary/aromatic N) is 4. The first-order valence-electron chi connectivity index (χ1n) is 7.19. The van der Waals surface area contributed by atoms with Crippen molar-refractivity contribution in [2.75, 3.05) is 43.1 Å². The Labute approximate surface area is 115 Å². The number of hydrogen-bond donors (Lipinski definition) is 1. The van der Waals surface area contributed by atoms with Gasteiger partial charge in [0.15, 0.2) is 0 Å². The number of aliphatic hydroxyl groups excluding tert-OH is 1. The fraction of sp³-hybridized carbons (Fsp3) is 0.714. The Kier molecular flexibility index (Phi) is 4.96. The Morgan fingerprint density at radius 3 is 2.63 bits per heavy atom. The number of hydrogen-bond acceptors (Lipinski definition) is 5. The van der Waals surface area contributed by atoms with Gasteiger partial charge in [0.1, 0.15) is 5.82 Å². The van der Waals surface area contributed by atoms with E-state index in [0.717, 1.165) is 37.0 Å². The van der Waals surface area contributed by atoms with Gasteiger partial charge in [0.25, 0.3) is 0 Å². The molecule has 1 aromatic heterocycles. The molecule has 5 heteroatoms. The molecule has 0 aromatic carbocycles. The molecule has 19 heavy (non-hydrogen) atoms. The molecule has 5 nitrogen and oxygen atoms in total. The van der Waals surface area contributed by atoms with Crippen molar-refractivity contribution < 1.29 is 5.11 Å². The molecule has 2 heterocycles. The number of piperidine rings is 1. The van der Waals surface area contributed by atoms with Crippen molar-refractivity contribution in [3.8, 4) is 0 Å². The third-order valence-corrected chi connectivity index (χ3v) is 3.58. The normalized spacial score (nSPS) is 15.6. The van der Waals surface area contributed by atoms with E-state index in [4.69, 9.17) is 5.11 Å². The molecule has 0 bridgehead atoms. The molecular formula is C14H24N4O. The monoisotopic (exact) mass is 264 g/mol. The molecule has 1 fully saturated rings. The van der Waals surface area contributed by atoms with Crippen LogP contribution in [0.5, 0.6) is 0 Å². The highest BCUT2D eigenvalue weighted by Crippen LogP contribution is 2.20. The lowest BCUT2D eigenvalue weighted by atomic mass is 10.1. The van der Waals surface area contributed by atoms with E-state index in [-0.39, 0.29) is 6.61 Å². The number of aryl methyl sites for hydroxylation is 1. The quantitative estimate of drug-likeness (QED) is 0.872. The van der Waals surface area contributed by atoms with Crippen molar-refractivity contribution in [1.29, 1.82) is 0 Å². The van der Waals surface area contributed by atoms with Crippen LogP contribution in [0.15, 0.2) is 6.07 Å².